The van der Waals surface area contributed by atoms with Crippen LogP contribution in [0.5, 0.6) is 17.2 Å². The van der Waals surface area contributed by atoms with Crippen molar-refractivity contribution < 1.29 is 29.0 Å². The molecule has 0 bridgehead atoms. The number of rotatable bonds is 7. The van der Waals surface area contributed by atoms with Crippen molar-refractivity contribution in [3.63, 3.8) is 0 Å². The topological polar surface area (TPSA) is 105 Å². The second-order valence-corrected chi connectivity index (χ2v) is 8.48. The fourth-order valence-corrected chi connectivity index (χ4v) is 4.21. The molecule has 0 spiro atoms. The molecule has 1 aliphatic rings. The first-order chi connectivity index (χ1) is 14.8. The molecule has 3 rings (SSSR count). The van der Waals surface area contributed by atoms with E-state index in [1.165, 1.54) is 13.2 Å². The van der Waals surface area contributed by atoms with Crippen molar-refractivity contribution in [2.45, 2.75) is 6.92 Å². The van der Waals surface area contributed by atoms with Gasteiger partial charge in [0.25, 0.3) is 11.1 Å². The quantitative estimate of drug-likeness (QED) is 0.393. The summed E-state index contributed by atoms with van der Waals surface area (Å²) in [5.41, 5.74) is 1.12. The summed E-state index contributed by atoms with van der Waals surface area (Å²) in [6.45, 7) is 1.76. The second kappa shape index (κ2) is 10.1. The maximum absolute atomic E-state index is 12.7. The first-order valence-electron chi connectivity index (χ1n) is 9.17. The van der Waals surface area contributed by atoms with Gasteiger partial charge in [0.05, 0.1) is 22.2 Å². The molecule has 10 heteroatoms. The lowest BCUT2D eigenvalue weighted by atomic mass is 10.2. The molecule has 1 saturated heterocycles. The van der Waals surface area contributed by atoms with E-state index in [0.29, 0.717) is 32.9 Å². The van der Waals surface area contributed by atoms with Crippen molar-refractivity contribution in [2.24, 2.45) is 0 Å². The van der Waals surface area contributed by atoms with Gasteiger partial charge >= 0.3 is 0 Å². The smallest absolute Gasteiger partial charge is 0.294 e. The van der Waals surface area contributed by atoms with Crippen molar-refractivity contribution in [1.82, 2.24) is 4.90 Å². The summed E-state index contributed by atoms with van der Waals surface area (Å²) in [5, 5.41) is 12.2. The Morgan fingerprint density at radius 1 is 1.26 bits per heavy atom. The Bertz CT molecular complexity index is 1050. The molecule has 0 atom stereocenters. The van der Waals surface area contributed by atoms with Gasteiger partial charge in [0.2, 0.25) is 5.91 Å². The average molecular weight is 554 g/mol. The molecule has 3 amide bonds. The fraction of sp³-hybridized carbons (Fsp3) is 0.190. The van der Waals surface area contributed by atoms with Crippen molar-refractivity contribution in [1.29, 1.82) is 0 Å². The Balaban J connectivity index is 1.72. The Labute approximate surface area is 196 Å². The van der Waals surface area contributed by atoms with Gasteiger partial charge in [-0.15, -0.1) is 0 Å². The molecule has 1 aliphatic heterocycles. The van der Waals surface area contributed by atoms with Crippen LogP contribution in [0.25, 0.3) is 6.08 Å². The number of benzene rings is 2. The van der Waals surface area contributed by atoms with Crippen LogP contribution in [-0.2, 0) is 9.59 Å². The third kappa shape index (κ3) is 5.50. The van der Waals surface area contributed by atoms with E-state index in [4.69, 9.17) is 9.47 Å². The zero-order valence-electron chi connectivity index (χ0n) is 16.7. The Morgan fingerprint density at radius 2 is 1.97 bits per heavy atom. The lowest BCUT2D eigenvalue weighted by Crippen LogP contribution is -2.36. The van der Waals surface area contributed by atoms with Crippen LogP contribution in [0, 0.1) is 3.57 Å². The number of nitrogens with zero attached hydrogens (tertiary/aromatic N) is 1. The number of anilines is 1. The number of aromatic hydroxyl groups is 1. The molecule has 162 valence electrons. The van der Waals surface area contributed by atoms with Gasteiger partial charge in [-0.2, -0.15) is 0 Å². The number of hydrogen-bond acceptors (Lipinski definition) is 7. The number of imide groups is 1. The molecule has 0 radical (unpaired) electrons. The van der Waals surface area contributed by atoms with Crippen molar-refractivity contribution in [3.05, 3.63) is 50.4 Å². The van der Waals surface area contributed by atoms with Gasteiger partial charge in [0.15, 0.2) is 11.5 Å². The molecule has 0 aliphatic carbocycles. The van der Waals surface area contributed by atoms with Gasteiger partial charge in [-0.25, -0.2) is 0 Å². The number of nitrogens with one attached hydrogen (secondary N) is 1. The molecule has 1 fully saturated rings. The summed E-state index contributed by atoms with van der Waals surface area (Å²) >= 11 is 2.71. The zero-order chi connectivity index (χ0) is 22.5. The summed E-state index contributed by atoms with van der Waals surface area (Å²) < 4.78 is 11.0. The van der Waals surface area contributed by atoms with Gasteiger partial charge in [-0.3, -0.25) is 19.3 Å². The number of carbonyl (C=O) groups is 3. The molecule has 2 aromatic rings. The van der Waals surface area contributed by atoms with E-state index in [0.717, 1.165) is 16.7 Å². The monoisotopic (exact) mass is 554 g/mol. The number of phenols is 1. The lowest BCUT2D eigenvalue weighted by molar-refractivity contribution is -0.127. The maximum Gasteiger partial charge on any atom is 0.294 e. The van der Waals surface area contributed by atoms with Crippen LogP contribution < -0.4 is 14.8 Å². The number of hydrogen-bond donors (Lipinski definition) is 2. The number of methoxy groups -OCH3 is 1. The highest BCUT2D eigenvalue weighted by Gasteiger charge is 2.36. The maximum atomic E-state index is 12.7. The van der Waals surface area contributed by atoms with E-state index in [1.54, 1.807) is 43.3 Å². The first-order valence-corrected chi connectivity index (χ1v) is 11.1. The largest absolute Gasteiger partial charge is 0.504 e. The van der Waals surface area contributed by atoms with Crippen LogP contribution in [0.1, 0.15) is 12.5 Å². The zero-order valence-corrected chi connectivity index (χ0v) is 19.7. The SMILES string of the molecule is CCOc1cc(/C=C2/SC(=O)N(CC(=O)Nc3ccc(OC)cc3)C2=O)cc(I)c1O. The van der Waals surface area contributed by atoms with E-state index in [9.17, 15) is 19.5 Å². The summed E-state index contributed by atoms with van der Waals surface area (Å²) in [6.07, 6.45) is 1.54. The van der Waals surface area contributed by atoms with Crippen LogP contribution in [-0.4, -0.2) is 47.3 Å². The highest BCUT2D eigenvalue weighted by atomic mass is 127. The average Bonchev–Trinajstić information content (AvgIpc) is 2.99. The number of carbonyl (C=O) groups excluding carboxylic acids is 3. The Hall–Kier alpha value is -2.73. The van der Waals surface area contributed by atoms with Gasteiger partial charge in [0.1, 0.15) is 12.3 Å². The number of ether oxygens (including phenoxy) is 2. The molecule has 0 unspecified atom stereocenters. The molecule has 1 heterocycles. The molecule has 2 N–H and O–H groups in total. The van der Waals surface area contributed by atoms with Gasteiger partial charge < -0.3 is 19.9 Å². The minimum Gasteiger partial charge on any atom is -0.504 e. The first kappa shape index (κ1) is 22.9. The van der Waals surface area contributed by atoms with Crippen LogP contribution >= 0.6 is 34.4 Å². The molecule has 31 heavy (non-hydrogen) atoms. The number of phenolic OH excluding ortho intramolecular Hbond substituents is 1. The van der Waals surface area contributed by atoms with Crippen LogP contribution in [0.2, 0.25) is 0 Å². The molecular formula is C21H19IN2O6S. The molecule has 0 saturated carbocycles. The van der Waals surface area contributed by atoms with Gasteiger partial charge in [-0.05, 0) is 89.3 Å². The van der Waals surface area contributed by atoms with E-state index in [2.05, 4.69) is 5.32 Å². The minimum atomic E-state index is -0.555. The fourth-order valence-electron chi connectivity index (χ4n) is 2.75. The Morgan fingerprint density at radius 3 is 2.61 bits per heavy atom. The minimum absolute atomic E-state index is 0.0166. The number of amides is 3. The van der Waals surface area contributed by atoms with Crippen LogP contribution in [0.15, 0.2) is 41.3 Å². The highest BCUT2D eigenvalue weighted by Crippen LogP contribution is 2.36. The Kier molecular flexibility index (Phi) is 7.44. The van der Waals surface area contributed by atoms with Crippen molar-refractivity contribution in [2.75, 3.05) is 25.6 Å². The summed E-state index contributed by atoms with van der Waals surface area (Å²) in [4.78, 5) is 38.4. The lowest BCUT2D eigenvalue weighted by Gasteiger charge is -2.12. The predicted octanol–water partition coefficient (Wildman–Crippen LogP) is 4.08. The van der Waals surface area contributed by atoms with Crippen LogP contribution in [0.4, 0.5) is 10.5 Å². The van der Waals surface area contributed by atoms with E-state index in [-0.39, 0.29) is 10.7 Å². The van der Waals surface area contributed by atoms with Gasteiger partial charge in [0, 0.05) is 5.69 Å². The third-order valence-electron chi connectivity index (χ3n) is 4.20. The summed E-state index contributed by atoms with van der Waals surface area (Å²) in [5.74, 6) is -0.0976. The predicted molar refractivity (Wildman–Crippen MR) is 126 cm³/mol. The standard InChI is InChI=1S/C21H19IN2O6S/c1-3-30-16-9-12(8-15(22)19(16)26)10-17-20(27)24(21(28)31-17)11-18(25)23-13-4-6-14(29-2)7-5-13/h4-10,26H,3,11H2,1-2H3,(H,23,25)/b17-10+. The van der Waals surface area contributed by atoms with Crippen molar-refractivity contribution in [3.8, 4) is 17.2 Å². The van der Waals surface area contributed by atoms with E-state index in [1.807, 2.05) is 22.6 Å². The number of thioether (sulfide) groups is 1. The molecule has 2 aromatic carbocycles. The van der Waals surface area contributed by atoms with Crippen molar-refractivity contribution >= 4 is 63.2 Å². The summed E-state index contributed by atoms with van der Waals surface area (Å²) in [7, 11) is 1.54. The highest BCUT2D eigenvalue weighted by molar-refractivity contribution is 14.1. The van der Waals surface area contributed by atoms with E-state index < -0.39 is 23.6 Å². The third-order valence-corrected chi connectivity index (χ3v) is 5.93. The summed E-state index contributed by atoms with van der Waals surface area (Å²) in [6, 6.07) is 9.95. The molecular weight excluding hydrogens is 535 g/mol. The molecule has 0 aromatic heterocycles. The normalized spacial score (nSPS) is 14.8. The molecule has 8 nitrogen and oxygen atoms in total. The van der Waals surface area contributed by atoms with Gasteiger partial charge in [-0.1, -0.05) is 0 Å². The number of halogens is 1. The second-order valence-electron chi connectivity index (χ2n) is 6.33. The van der Waals surface area contributed by atoms with E-state index >= 15 is 0 Å². The van der Waals surface area contributed by atoms with Crippen LogP contribution in [0.3, 0.4) is 0 Å².